The van der Waals surface area contributed by atoms with Gasteiger partial charge in [-0.3, -0.25) is 9.59 Å². The molecule has 1 aromatic carbocycles. The summed E-state index contributed by atoms with van der Waals surface area (Å²) in [5.74, 6) is -0.0721. The van der Waals surface area contributed by atoms with Gasteiger partial charge in [0.1, 0.15) is 0 Å². The molecule has 0 spiro atoms. The third-order valence-corrected chi connectivity index (χ3v) is 5.27. The monoisotopic (exact) mass is 369 g/mol. The summed E-state index contributed by atoms with van der Waals surface area (Å²) >= 11 is 1.64. The zero-order valence-corrected chi connectivity index (χ0v) is 15.7. The van der Waals surface area contributed by atoms with E-state index in [0.717, 1.165) is 22.6 Å². The molecule has 2 aromatic rings. The number of rotatable bonds is 7. The van der Waals surface area contributed by atoms with Crippen LogP contribution in [0.25, 0.3) is 0 Å². The van der Waals surface area contributed by atoms with Crippen molar-refractivity contribution >= 4 is 28.9 Å². The van der Waals surface area contributed by atoms with E-state index >= 15 is 0 Å². The van der Waals surface area contributed by atoms with Crippen molar-refractivity contribution in [3.63, 3.8) is 0 Å². The van der Waals surface area contributed by atoms with E-state index in [4.69, 9.17) is 0 Å². The molecule has 5 nitrogen and oxygen atoms in total. The Morgan fingerprint density at radius 3 is 2.65 bits per heavy atom. The second-order valence-electron chi connectivity index (χ2n) is 6.17. The maximum Gasteiger partial charge on any atom is 0.243 e. The van der Waals surface area contributed by atoms with Gasteiger partial charge in [0, 0.05) is 30.7 Å². The van der Waals surface area contributed by atoms with E-state index in [0.29, 0.717) is 19.6 Å². The Hall–Kier alpha value is -2.47. The van der Waals surface area contributed by atoms with Gasteiger partial charge in [0.2, 0.25) is 11.8 Å². The molecule has 0 bridgehead atoms. The Kier molecular flexibility index (Phi) is 6.17. The molecule has 0 saturated heterocycles. The number of benzene rings is 1. The van der Waals surface area contributed by atoms with E-state index in [9.17, 15) is 9.59 Å². The van der Waals surface area contributed by atoms with E-state index in [-0.39, 0.29) is 24.7 Å². The van der Waals surface area contributed by atoms with Crippen molar-refractivity contribution in [1.82, 2.24) is 9.91 Å². The van der Waals surface area contributed by atoms with Crippen LogP contribution in [0.1, 0.15) is 36.6 Å². The van der Waals surface area contributed by atoms with Crippen LogP contribution in [-0.2, 0) is 16.1 Å². The minimum atomic E-state index is -0.0866. The maximum absolute atomic E-state index is 12.4. The molecule has 6 heteroatoms. The van der Waals surface area contributed by atoms with Crippen LogP contribution in [-0.4, -0.2) is 40.5 Å². The van der Waals surface area contributed by atoms with Crippen LogP contribution in [0.5, 0.6) is 0 Å². The summed E-state index contributed by atoms with van der Waals surface area (Å²) in [6, 6.07) is 13.9. The maximum atomic E-state index is 12.4. The molecule has 26 heavy (non-hydrogen) atoms. The first kappa shape index (κ1) is 18.3. The van der Waals surface area contributed by atoms with Gasteiger partial charge in [-0.15, -0.1) is 11.3 Å². The summed E-state index contributed by atoms with van der Waals surface area (Å²) < 4.78 is 0. The number of amides is 2. The molecular formula is C20H23N3O2S. The van der Waals surface area contributed by atoms with Crippen LogP contribution < -0.4 is 0 Å². The Morgan fingerprint density at radius 1 is 1.15 bits per heavy atom. The molecule has 0 saturated carbocycles. The topological polar surface area (TPSA) is 53.0 Å². The lowest BCUT2D eigenvalue weighted by Crippen LogP contribution is -2.31. The van der Waals surface area contributed by atoms with Gasteiger partial charge in [-0.1, -0.05) is 36.4 Å². The lowest BCUT2D eigenvalue weighted by Gasteiger charge is -2.20. The van der Waals surface area contributed by atoms with Gasteiger partial charge < -0.3 is 4.90 Å². The summed E-state index contributed by atoms with van der Waals surface area (Å²) in [5, 5.41) is 7.95. The van der Waals surface area contributed by atoms with E-state index < -0.39 is 0 Å². The van der Waals surface area contributed by atoms with Crippen molar-refractivity contribution < 1.29 is 9.59 Å². The molecule has 0 atom stereocenters. The van der Waals surface area contributed by atoms with E-state index in [2.05, 4.69) is 5.10 Å². The number of carbonyl (C=O) groups excluding carboxylic acids is 2. The van der Waals surface area contributed by atoms with Gasteiger partial charge in [0.05, 0.1) is 18.8 Å². The van der Waals surface area contributed by atoms with Crippen LogP contribution in [0.2, 0.25) is 0 Å². The zero-order valence-electron chi connectivity index (χ0n) is 14.9. The highest BCUT2D eigenvalue weighted by Crippen LogP contribution is 2.16. The molecule has 2 heterocycles. The van der Waals surface area contributed by atoms with Crippen molar-refractivity contribution in [3.05, 3.63) is 58.3 Å². The van der Waals surface area contributed by atoms with Gasteiger partial charge >= 0.3 is 0 Å². The van der Waals surface area contributed by atoms with Gasteiger partial charge in [-0.05, 0) is 23.9 Å². The smallest absolute Gasteiger partial charge is 0.243 e. The molecule has 0 unspecified atom stereocenters. The lowest BCUT2D eigenvalue weighted by molar-refractivity contribution is -0.137. The van der Waals surface area contributed by atoms with E-state index in [1.165, 1.54) is 5.01 Å². The van der Waals surface area contributed by atoms with Crippen molar-refractivity contribution in [2.45, 2.75) is 32.7 Å². The Balaban J connectivity index is 1.52. The molecule has 2 amide bonds. The SMILES string of the molecule is CCN(Cc1cccs1)C(=O)CCC(=O)N1CCC(c2ccccc2)=N1. The molecular weight excluding hydrogens is 346 g/mol. The number of hydrazone groups is 1. The van der Waals surface area contributed by atoms with E-state index in [1.54, 1.807) is 16.2 Å². The second kappa shape index (κ2) is 8.76. The van der Waals surface area contributed by atoms with Crippen LogP contribution in [0.15, 0.2) is 52.9 Å². The summed E-state index contributed by atoms with van der Waals surface area (Å²) in [4.78, 5) is 27.8. The third-order valence-electron chi connectivity index (χ3n) is 4.41. The predicted molar refractivity (Wildman–Crippen MR) is 104 cm³/mol. The van der Waals surface area contributed by atoms with Crippen molar-refractivity contribution in [2.24, 2.45) is 5.10 Å². The van der Waals surface area contributed by atoms with Gasteiger partial charge in [0.15, 0.2) is 0 Å². The largest absolute Gasteiger partial charge is 0.338 e. The number of hydrogen-bond acceptors (Lipinski definition) is 4. The standard InChI is InChI=1S/C20H23N3O2S/c1-2-22(15-17-9-6-14-26-17)19(24)10-11-20(25)23-13-12-18(21-23)16-7-4-3-5-8-16/h3-9,14H,2,10-13,15H2,1H3. The average molecular weight is 369 g/mol. The Morgan fingerprint density at radius 2 is 1.96 bits per heavy atom. The molecule has 1 aromatic heterocycles. The van der Waals surface area contributed by atoms with Crippen LogP contribution in [0.3, 0.4) is 0 Å². The summed E-state index contributed by atoms with van der Waals surface area (Å²) in [6.45, 7) is 3.81. The summed E-state index contributed by atoms with van der Waals surface area (Å²) in [5.41, 5.74) is 1.98. The van der Waals surface area contributed by atoms with Crippen LogP contribution in [0, 0.1) is 0 Å². The summed E-state index contributed by atoms with van der Waals surface area (Å²) in [7, 11) is 0. The number of nitrogens with zero attached hydrogens (tertiary/aromatic N) is 3. The first-order chi connectivity index (χ1) is 12.7. The fourth-order valence-corrected chi connectivity index (χ4v) is 3.66. The van der Waals surface area contributed by atoms with Crippen molar-refractivity contribution in [2.75, 3.05) is 13.1 Å². The third kappa shape index (κ3) is 4.58. The molecule has 136 valence electrons. The molecule has 1 aliphatic heterocycles. The normalized spacial score (nSPS) is 13.6. The highest BCUT2D eigenvalue weighted by atomic mass is 32.1. The fourth-order valence-electron chi connectivity index (χ4n) is 2.94. The molecule has 1 aliphatic rings. The molecule has 3 rings (SSSR count). The van der Waals surface area contributed by atoms with Crippen molar-refractivity contribution in [3.8, 4) is 0 Å². The molecule has 0 radical (unpaired) electrons. The average Bonchev–Trinajstić information content (AvgIpc) is 3.36. The minimum Gasteiger partial charge on any atom is -0.338 e. The van der Waals surface area contributed by atoms with Gasteiger partial charge in [-0.25, -0.2) is 5.01 Å². The van der Waals surface area contributed by atoms with Crippen LogP contribution >= 0.6 is 11.3 Å². The summed E-state index contributed by atoms with van der Waals surface area (Å²) in [6.07, 6.45) is 1.18. The lowest BCUT2D eigenvalue weighted by atomic mass is 10.1. The van der Waals surface area contributed by atoms with Gasteiger partial charge in [-0.2, -0.15) is 5.10 Å². The first-order valence-corrected chi connectivity index (χ1v) is 9.78. The zero-order chi connectivity index (χ0) is 18.4. The minimum absolute atomic E-state index is 0.0145. The molecule has 0 aliphatic carbocycles. The van der Waals surface area contributed by atoms with Crippen LogP contribution in [0.4, 0.5) is 0 Å². The highest BCUT2D eigenvalue weighted by molar-refractivity contribution is 7.09. The Bertz CT molecular complexity index is 772. The van der Waals surface area contributed by atoms with E-state index in [1.807, 2.05) is 54.8 Å². The number of thiophene rings is 1. The molecule has 0 fully saturated rings. The number of carbonyl (C=O) groups is 2. The highest BCUT2D eigenvalue weighted by Gasteiger charge is 2.23. The quantitative estimate of drug-likeness (QED) is 0.750. The predicted octanol–water partition coefficient (Wildman–Crippen LogP) is 3.51. The number of hydrogen-bond donors (Lipinski definition) is 0. The first-order valence-electron chi connectivity index (χ1n) is 8.90. The van der Waals surface area contributed by atoms with Crippen molar-refractivity contribution in [1.29, 1.82) is 0 Å². The molecule has 0 N–H and O–H groups in total. The Labute approximate surface area is 157 Å². The second-order valence-corrected chi connectivity index (χ2v) is 7.20. The fraction of sp³-hybridized carbons (Fsp3) is 0.350. The van der Waals surface area contributed by atoms with Gasteiger partial charge in [0.25, 0.3) is 0 Å².